The Morgan fingerprint density at radius 3 is 2.94 bits per heavy atom. The normalized spacial score (nSPS) is 20.1. The summed E-state index contributed by atoms with van der Waals surface area (Å²) < 4.78 is 5.56. The number of carbonyl (C=O) groups is 1. The van der Waals surface area contributed by atoms with E-state index < -0.39 is 0 Å². The van der Waals surface area contributed by atoms with E-state index in [0.717, 1.165) is 36.1 Å². The Hall–Kier alpha value is -1.35. The van der Waals surface area contributed by atoms with Crippen molar-refractivity contribution in [2.24, 2.45) is 11.1 Å². The van der Waals surface area contributed by atoms with E-state index in [0.29, 0.717) is 13.2 Å². The summed E-state index contributed by atoms with van der Waals surface area (Å²) in [6, 6.07) is 5.83. The van der Waals surface area contributed by atoms with Gasteiger partial charge in [-0.2, -0.15) is 0 Å². The molecule has 0 saturated heterocycles. The molecule has 1 heterocycles. The van der Waals surface area contributed by atoms with Crippen LogP contribution in [0.4, 0.5) is 0 Å². The second-order valence-corrected chi connectivity index (χ2v) is 4.71. The number of hydrogen-bond donors (Lipinski definition) is 1. The number of benzene rings is 1. The Kier molecular flexibility index (Phi) is 2.04. The van der Waals surface area contributed by atoms with E-state index in [4.69, 9.17) is 10.5 Å². The highest BCUT2D eigenvalue weighted by Crippen LogP contribution is 2.49. The predicted molar refractivity (Wildman–Crippen MR) is 60.7 cm³/mol. The van der Waals surface area contributed by atoms with Crippen molar-refractivity contribution in [2.75, 3.05) is 13.2 Å². The number of rotatable bonds is 3. The average Bonchev–Trinajstić information content (AvgIpc) is 2.98. The lowest BCUT2D eigenvalue weighted by atomic mass is 9.93. The Balaban J connectivity index is 2.01. The van der Waals surface area contributed by atoms with Crippen molar-refractivity contribution >= 4 is 5.78 Å². The fraction of sp³-hybridized carbons (Fsp3) is 0.462. The van der Waals surface area contributed by atoms with Crippen molar-refractivity contribution in [3.63, 3.8) is 0 Å². The molecule has 0 amide bonds. The molecule has 0 aromatic heterocycles. The summed E-state index contributed by atoms with van der Waals surface area (Å²) in [6.45, 7) is 1.14. The summed E-state index contributed by atoms with van der Waals surface area (Å²) in [4.78, 5) is 12.4. The second kappa shape index (κ2) is 3.32. The molecule has 0 spiro atoms. The lowest BCUT2D eigenvalue weighted by Gasteiger charge is -2.13. The van der Waals surface area contributed by atoms with Crippen molar-refractivity contribution in [1.82, 2.24) is 0 Å². The van der Waals surface area contributed by atoms with Gasteiger partial charge in [-0.3, -0.25) is 4.79 Å². The SMILES string of the molecule is NCC1(C(=O)c2cccc3c2OCC3)CC1. The van der Waals surface area contributed by atoms with Crippen LogP contribution in [0.5, 0.6) is 5.75 Å². The molecular formula is C13H15NO2. The van der Waals surface area contributed by atoms with Crippen molar-refractivity contribution in [3.8, 4) is 5.75 Å². The van der Waals surface area contributed by atoms with Crippen LogP contribution in [-0.2, 0) is 6.42 Å². The van der Waals surface area contributed by atoms with Gasteiger partial charge in [-0.1, -0.05) is 12.1 Å². The van der Waals surface area contributed by atoms with Crippen LogP contribution in [0.3, 0.4) is 0 Å². The zero-order valence-corrected chi connectivity index (χ0v) is 9.16. The molecule has 3 heteroatoms. The van der Waals surface area contributed by atoms with Crippen LogP contribution >= 0.6 is 0 Å². The topological polar surface area (TPSA) is 52.3 Å². The standard InChI is InChI=1S/C13H15NO2/c14-8-13(5-6-13)12(15)10-3-1-2-9-4-7-16-11(9)10/h1-3H,4-8,14H2. The third kappa shape index (κ3) is 1.28. The third-order valence-electron chi connectivity index (χ3n) is 3.68. The molecule has 0 unspecified atom stereocenters. The van der Waals surface area contributed by atoms with Gasteiger partial charge in [0.2, 0.25) is 0 Å². The van der Waals surface area contributed by atoms with Gasteiger partial charge in [0.25, 0.3) is 0 Å². The molecule has 1 aliphatic heterocycles. The first kappa shape index (κ1) is 9.85. The van der Waals surface area contributed by atoms with Crippen LogP contribution < -0.4 is 10.5 Å². The highest BCUT2D eigenvalue weighted by molar-refractivity contribution is 6.05. The highest BCUT2D eigenvalue weighted by Gasteiger charge is 2.49. The first-order valence-corrected chi connectivity index (χ1v) is 5.76. The van der Waals surface area contributed by atoms with E-state index in [2.05, 4.69) is 0 Å². The number of carbonyl (C=O) groups excluding carboxylic acids is 1. The minimum atomic E-state index is -0.277. The van der Waals surface area contributed by atoms with Gasteiger partial charge in [0.05, 0.1) is 12.2 Å². The zero-order chi connectivity index (χ0) is 11.2. The van der Waals surface area contributed by atoms with Crippen molar-refractivity contribution < 1.29 is 9.53 Å². The number of hydrogen-bond acceptors (Lipinski definition) is 3. The largest absolute Gasteiger partial charge is 0.492 e. The molecule has 2 aliphatic rings. The summed E-state index contributed by atoms with van der Waals surface area (Å²) in [7, 11) is 0. The predicted octanol–water partition coefficient (Wildman–Crippen LogP) is 1.54. The molecule has 1 aliphatic carbocycles. The summed E-state index contributed by atoms with van der Waals surface area (Å²) in [5.41, 5.74) is 7.30. The Labute approximate surface area is 94.6 Å². The molecule has 1 fully saturated rings. The van der Waals surface area contributed by atoms with E-state index >= 15 is 0 Å². The minimum absolute atomic E-state index is 0.175. The molecule has 84 valence electrons. The number of fused-ring (bicyclic) bond motifs is 1. The smallest absolute Gasteiger partial charge is 0.173 e. The number of ketones is 1. The van der Waals surface area contributed by atoms with Gasteiger partial charge in [0, 0.05) is 18.4 Å². The van der Waals surface area contributed by atoms with Crippen LogP contribution in [0, 0.1) is 5.41 Å². The summed E-state index contributed by atoms with van der Waals surface area (Å²) in [5.74, 6) is 0.973. The highest BCUT2D eigenvalue weighted by atomic mass is 16.5. The van der Waals surface area contributed by atoms with Gasteiger partial charge in [-0.05, 0) is 24.5 Å². The molecule has 3 rings (SSSR count). The Bertz CT molecular complexity index is 449. The van der Waals surface area contributed by atoms with Crippen LogP contribution in [-0.4, -0.2) is 18.9 Å². The van der Waals surface area contributed by atoms with E-state index in [-0.39, 0.29) is 11.2 Å². The van der Waals surface area contributed by atoms with Gasteiger partial charge >= 0.3 is 0 Å². The molecule has 1 aromatic carbocycles. The molecule has 1 aromatic rings. The molecule has 2 N–H and O–H groups in total. The maximum absolute atomic E-state index is 12.4. The minimum Gasteiger partial charge on any atom is -0.492 e. The van der Waals surface area contributed by atoms with Crippen molar-refractivity contribution in [2.45, 2.75) is 19.3 Å². The van der Waals surface area contributed by atoms with Crippen LogP contribution in [0.2, 0.25) is 0 Å². The number of para-hydroxylation sites is 1. The first-order chi connectivity index (χ1) is 7.77. The van der Waals surface area contributed by atoms with Gasteiger partial charge in [0.1, 0.15) is 5.75 Å². The molecule has 0 radical (unpaired) electrons. The summed E-state index contributed by atoms with van der Waals surface area (Å²) in [6.07, 6.45) is 2.75. The van der Waals surface area contributed by atoms with E-state index in [9.17, 15) is 4.79 Å². The molecule has 0 bridgehead atoms. The van der Waals surface area contributed by atoms with Crippen LogP contribution in [0.1, 0.15) is 28.8 Å². The van der Waals surface area contributed by atoms with E-state index in [1.807, 2.05) is 18.2 Å². The molecule has 0 atom stereocenters. The number of ether oxygens (including phenoxy) is 1. The first-order valence-electron chi connectivity index (χ1n) is 5.76. The molecule has 16 heavy (non-hydrogen) atoms. The Morgan fingerprint density at radius 1 is 1.44 bits per heavy atom. The van der Waals surface area contributed by atoms with Gasteiger partial charge in [0.15, 0.2) is 5.78 Å². The van der Waals surface area contributed by atoms with Crippen LogP contribution in [0.25, 0.3) is 0 Å². The quantitative estimate of drug-likeness (QED) is 0.781. The fourth-order valence-electron chi connectivity index (χ4n) is 2.35. The molecular weight excluding hydrogens is 202 g/mol. The van der Waals surface area contributed by atoms with Crippen molar-refractivity contribution in [3.05, 3.63) is 29.3 Å². The summed E-state index contributed by atoms with van der Waals surface area (Å²) in [5, 5.41) is 0. The number of Topliss-reactive ketones (excluding diaryl/α,β-unsaturated/α-hetero) is 1. The summed E-state index contributed by atoms with van der Waals surface area (Å²) >= 11 is 0. The maximum Gasteiger partial charge on any atom is 0.173 e. The fourth-order valence-corrected chi connectivity index (χ4v) is 2.35. The number of nitrogens with two attached hydrogens (primary N) is 1. The monoisotopic (exact) mass is 217 g/mol. The second-order valence-electron chi connectivity index (χ2n) is 4.71. The molecule has 3 nitrogen and oxygen atoms in total. The van der Waals surface area contributed by atoms with Crippen molar-refractivity contribution in [1.29, 1.82) is 0 Å². The average molecular weight is 217 g/mol. The third-order valence-corrected chi connectivity index (χ3v) is 3.68. The van der Waals surface area contributed by atoms with Gasteiger partial charge < -0.3 is 10.5 Å². The van der Waals surface area contributed by atoms with E-state index in [1.165, 1.54) is 0 Å². The lowest BCUT2D eigenvalue weighted by molar-refractivity contribution is 0.0902. The molecule has 1 saturated carbocycles. The zero-order valence-electron chi connectivity index (χ0n) is 9.16. The van der Waals surface area contributed by atoms with Gasteiger partial charge in [-0.25, -0.2) is 0 Å². The Morgan fingerprint density at radius 2 is 2.25 bits per heavy atom. The van der Waals surface area contributed by atoms with Gasteiger partial charge in [-0.15, -0.1) is 0 Å². The van der Waals surface area contributed by atoms with E-state index in [1.54, 1.807) is 0 Å². The lowest BCUT2D eigenvalue weighted by Crippen LogP contribution is -2.25. The maximum atomic E-state index is 12.4. The van der Waals surface area contributed by atoms with Crippen LogP contribution in [0.15, 0.2) is 18.2 Å².